The van der Waals surface area contributed by atoms with E-state index in [1.165, 1.54) is 43.4 Å². The average Bonchev–Trinajstić information content (AvgIpc) is 3.47. The van der Waals surface area contributed by atoms with Gasteiger partial charge in [0.15, 0.2) is 5.11 Å². The van der Waals surface area contributed by atoms with Crippen LogP contribution in [0.4, 0.5) is 0 Å². The molecule has 5 rings (SSSR count). The van der Waals surface area contributed by atoms with E-state index in [9.17, 15) is 0 Å². The fourth-order valence-corrected chi connectivity index (χ4v) is 5.57. The van der Waals surface area contributed by atoms with Crippen molar-refractivity contribution in [1.29, 1.82) is 0 Å². The van der Waals surface area contributed by atoms with Crippen LogP contribution in [0.1, 0.15) is 66.8 Å². The lowest BCUT2D eigenvalue weighted by atomic mass is 9.90. The monoisotopic (exact) mass is 421 g/mol. The van der Waals surface area contributed by atoms with Crippen LogP contribution in [0.15, 0.2) is 43.1 Å². The zero-order chi connectivity index (χ0) is 20.7. The zero-order valence-electron chi connectivity index (χ0n) is 17.4. The van der Waals surface area contributed by atoms with E-state index in [0.717, 1.165) is 16.5 Å². The van der Waals surface area contributed by atoms with Gasteiger partial charge in [-0.15, -0.1) is 10.2 Å². The summed E-state index contributed by atoms with van der Waals surface area (Å²) >= 11 is 5.89. The maximum absolute atomic E-state index is 5.89. The number of thiocarbonyl (C=S) groups is 1. The summed E-state index contributed by atoms with van der Waals surface area (Å²) in [6, 6.07) is 8.98. The van der Waals surface area contributed by atoms with Crippen LogP contribution in [0.25, 0.3) is 0 Å². The molecule has 2 atom stereocenters. The second-order valence-corrected chi connectivity index (χ2v) is 8.69. The summed E-state index contributed by atoms with van der Waals surface area (Å²) in [7, 11) is 0. The smallest absolute Gasteiger partial charge is 0.170 e. The fourth-order valence-electron chi connectivity index (χ4n) is 5.18. The van der Waals surface area contributed by atoms with E-state index in [1.54, 1.807) is 12.7 Å². The van der Waals surface area contributed by atoms with Gasteiger partial charge in [-0.25, -0.2) is 4.68 Å². The van der Waals surface area contributed by atoms with Crippen molar-refractivity contribution in [3.63, 3.8) is 0 Å². The molecular weight excluding hydrogens is 394 g/mol. The number of hydrogen-bond acceptors (Lipinski definition) is 4. The van der Waals surface area contributed by atoms with Crippen molar-refractivity contribution >= 4 is 17.3 Å². The molecule has 4 heterocycles. The minimum Gasteiger partial charge on any atom is -0.352 e. The predicted molar refractivity (Wildman–Crippen MR) is 119 cm³/mol. The van der Waals surface area contributed by atoms with Gasteiger partial charge >= 0.3 is 0 Å². The molecule has 1 aliphatic heterocycles. The van der Waals surface area contributed by atoms with Crippen LogP contribution in [0.5, 0.6) is 0 Å². The van der Waals surface area contributed by atoms with Gasteiger partial charge in [-0.2, -0.15) is 0 Å². The van der Waals surface area contributed by atoms with E-state index in [-0.39, 0.29) is 12.1 Å². The van der Waals surface area contributed by atoms with Crippen LogP contribution in [0.3, 0.4) is 0 Å². The lowest BCUT2D eigenvalue weighted by molar-refractivity contribution is 0.196. The normalized spacial score (nSPS) is 22.5. The maximum Gasteiger partial charge on any atom is 0.170 e. The highest BCUT2D eigenvalue weighted by Crippen LogP contribution is 2.44. The van der Waals surface area contributed by atoms with Gasteiger partial charge < -0.3 is 10.2 Å². The molecule has 2 fully saturated rings. The second-order valence-electron chi connectivity index (χ2n) is 8.31. The minimum atomic E-state index is 0.0236. The molecular formula is C22H27N7S. The van der Waals surface area contributed by atoms with Crippen molar-refractivity contribution in [1.82, 2.24) is 34.8 Å². The SMILES string of the molecule is Cc1cc([C@@H]2[C@H](c3ccccn3)NC(=S)N2C2CCCCC2)c(C)n1-n1cnnc1. The van der Waals surface area contributed by atoms with Gasteiger partial charge in [0.1, 0.15) is 12.7 Å². The zero-order valence-corrected chi connectivity index (χ0v) is 18.2. The maximum atomic E-state index is 5.89. The van der Waals surface area contributed by atoms with Gasteiger partial charge in [0.2, 0.25) is 0 Å². The molecule has 0 radical (unpaired) electrons. The lowest BCUT2D eigenvalue weighted by Crippen LogP contribution is -2.40. The van der Waals surface area contributed by atoms with Crippen molar-refractivity contribution in [3.8, 4) is 0 Å². The first-order valence-electron chi connectivity index (χ1n) is 10.7. The number of nitrogens with one attached hydrogen (secondary N) is 1. The third kappa shape index (κ3) is 3.19. The summed E-state index contributed by atoms with van der Waals surface area (Å²) in [5, 5.41) is 12.4. The summed E-state index contributed by atoms with van der Waals surface area (Å²) in [6.45, 7) is 4.29. The molecule has 1 N–H and O–H groups in total. The number of rotatable bonds is 4. The van der Waals surface area contributed by atoms with Gasteiger partial charge in [-0.1, -0.05) is 25.3 Å². The highest BCUT2D eigenvalue weighted by Gasteiger charge is 2.44. The predicted octanol–water partition coefficient (Wildman–Crippen LogP) is 3.71. The first-order chi connectivity index (χ1) is 14.6. The summed E-state index contributed by atoms with van der Waals surface area (Å²) < 4.78 is 4.08. The molecule has 0 spiro atoms. The molecule has 2 aliphatic rings. The number of aromatic nitrogens is 5. The summed E-state index contributed by atoms with van der Waals surface area (Å²) in [6.07, 6.45) is 11.6. The molecule has 1 saturated carbocycles. The van der Waals surface area contributed by atoms with Gasteiger partial charge in [0.05, 0.1) is 17.8 Å². The van der Waals surface area contributed by atoms with E-state index in [4.69, 9.17) is 12.2 Å². The standard InChI is InChI=1S/C22H27N7S/c1-15-12-18(16(2)29(15)27-13-24-25-14-27)21-20(19-10-6-7-11-23-19)26-22(30)28(21)17-8-4-3-5-9-17/h6-7,10-14,17,20-21H,3-5,8-9H2,1-2H3,(H,26,30)/t20-,21+/m0/s1. The van der Waals surface area contributed by atoms with Crippen molar-refractivity contribution in [2.24, 2.45) is 0 Å². The Kier molecular flexibility index (Phi) is 5.02. The third-order valence-electron chi connectivity index (χ3n) is 6.49. The average molecular weight is 422 g/mol. The second kappa shape index (κ2) is 7.83. The van der Waals surface area contributed by atoms with Crippen LogP contribution in [-0.4, -0.2) is 40.6 Å². The Morgan fingerprint density at radius 2 is 1.83 bits per heavy atom. The van der Waals surface area contributed by atoms with Crippen molar-refractivity contribution < 1.29 is 0 Å². The Balaban J connectivity index is 1.62. The summed E-state index contributed by atoms with van der Waals surface area (Å²) in [5.74, 6) is 0. The van der Waals surface area contributed by atoms with Crippen LogP contribution >= 0.6 is 12.2 Å². The number of aryl methyl sites for hydroxylation is 1. The number of nitrogens with zero attached hydrogens (tertiary/aromatic N) is 6. The molecule has 30 heavy (non-hydrogen) atoms. The van der Waals surface area contributed by atoms with Crippen molar-refractivity contribution in [3.05, 3.63) is 65.8 Å². The fraction of sp³-hybridized carbons (Fsp3) is 0.455. The summed E-state index contributed by atoms with van der Waals surface area (Å²) in [4.78, 5) is 7.14. The Morgan fingerprint density at radius 1 is 1.07 bits per heavy atom. The molecule has 1 saturated heterocycles. The van der Waals surface area contributed by atoms with Crippen molar-refractivity contribution in [2.75, 3.05) is 0 Å². The molecule has 7 nitrogen and oxygen atoms in total. The topological polar surface area (TPSA) is 63.8 Å². The quantitative estimate of drug-likeness (QED) is 0.648. The summed E-state index contributed by atoms with van der Waals surface area (Å²) in [5.41, 5.74) is 4.61. The molecule has 3 aromatic rings. The molecule has 3 aromatic heterocycles. The van der Waals surface area contributed by atoms with Crippen LogP contribution in [-0.2, 0) is 0 Å². The van der Waals surface area contributed by atoms with E-state index < -0.39 is 0 Å². The molecule has 0 amide bonds. The molecule has 0 aromatic carbocycles. The molecule has 0 unspecified atom stereocenters. The van der Waals surface area contributed by atoms with Gasteiger partial charge in [0.25, 0.3) is 0 Å². The van der Waals surface area contributed by atoms with Crippen molar-refractivity contribution in [2.45, 2.75) is 64.1 Å². The number of hydrogen-bond donors (Lipinski definition) is 1. The Morgan fingerprint density at radius 3 is 2.53 bits per heavy atom. The number of pyridine rings is 1. The molecule has 1 aliphatic carbocycles. The minimum absolute atomic E-state index is 0.0236. The van der Waals surface area contributed by atoms with Gasteiger partial charge in [-0.05, 0) is 57.1 Å². The lowest BCUT2D eigenvalue weighted by Gasteiger charge is -2.37. The Bertz CT molecular complexity index is 1020. The third-order valence-corrected chi connectivity index (χ3v) is 6.82. The van der Waals surface area contributed by atoms with Crippen LogP contribution < -0.4 is 5.32 Å². The molecule has 156 valence electrons. The van der Waals surface area contributed by atoms with E-state index in [2.05, 4.69) is 56.1 Å². The highest BCUT2D eigenvalue weighted by atomic mass is 32.1. The van der Waals surface area contributed by atoms with Gasteiger partial charge in [-0.3, -0.25) is 9.66 Å². The Labute approximate surface area is 182 Å². The van der Waals surface area contributed by atoms with E-state index in [1.807, 2.05) is 23.0 Å². The van der Waals surface area contributed by atoms with Crippen LogP contribution in [0, 0.1) is 13.8 Å². The van der Waals surface area contributed by atoms with Crippen LogP contribution in [0.2, 0.25) is 0 Å². The van der Waals surface area contributed by atoms with E-state index >= 15 is 0 Å². The first-order valence-corrected chi connectivity index (χ1v) is 11.1. The molecule has 0 bridgehead atoms. The largest absolute Gasteiger partial charge is 0.352 e. The molecule has 8 heteroatoms. The Hall–Kier alpha value is -2.74. The van der Waals surface area contributed by atoms with Gasteiger partial charge in [0, 0.05) is 29.2 Å². The first kappa shape index (κ1) is 19.2. The highest BCUT2D eigenvalue weighted by molar-refractivity contribution is 7.80. The van der Waals surface area contributed by atoms with E-state index in [0.29, 0.717) is 6.04 Å².